The molecule has 0 fully saturated rings. The summed E-state index contributed by atoms with van der Waals surface area (Å²) >= 11 is 0. The Kier molecular flexibility index (Phi) is 4.37. The second-order valence-electron chi connectivity index (χ2n) is 4.75. The first kappa shape index (κ1) is 13.9. The number of hydrogen-bond acceptors (Lipinski definition) is 5. The van der Waals surface area contributed by atoms with Crippen LogP contribution in [0.5, 0.6) is 11.5 Å². The fourth-order valence-electron chi connectivity index (χ4n) is 2.17. The molecule has 1 aromatic carbocycles. The van der Waals surface area contributed by atoms with Crippen molar-refractivity contribution in [2.75, 3.05) is 33.5 Å². The predicted octanol–water partition coefficient (Wildman–Crippen LogP) is 1.38. The summed E-state index contributed by atoms with van der Waals surface area (Å²) in [4.78, 5) is 0. The van der Waals surface area contributed by atoms with Gasteiger partial charge in [0.15, 0.2) is 11.5 Å². The van der Waals surface area contributed by atoms with Crippen molar-refractivity contribution in [1.82, 2.24) is 15.1 Å². The second-order valence-corrected chi connectivity index (χ2v) is 4.75. The Morgan fingerprint density at radius 3 is 2.95 bits per heavy atom. The number of rotatable bonds is 6. The van der Waals surface area contributed by atoms with Gasteiger partial charge in [-0.05, 0) is 18.2 Å². The lowest BCUT2D eigenvalue weighted by atomic mass is 10.2. The normalized spacial score (nSPS) is 13.4. The predicted molar refractivity (Wildman–Crippen MR) is 78.1 cm³/mol. The second kappa shape index (κ2) is 6.60. The number of nitrogens with one attached hydrogen (secondary N) is 1. The SMILES string of the molecule is COCCNCc1ccn(-c2ccc3c(c2)OCCO3)n1. The van der Waals surface area contributed by atoms with E-state index in [0.717, 1.165) is 36.0 Å². The minimum Gasteiger partial charge on any atom is -0.486 e. The first-order chi connectivity index (χ1) is 10.4. The van der Waals surface area contributed by atoms with E-state index in [4.69, 9.17) is 14.2 Å². The van der Waals surface area contributed by atoms with Gasteiger partial charge in [0.25, 0.3) is 0 Å². The molecule has 112 valence electrons. The van der Waals surface area contributed by atoms with E-state index in [9.17, 15) is 0 Å². The smallest absolute Gasteiger partial charge is 0.163 e. The molecule has 1 aliphatic heterocycles. The largest absolute Gasteiger partial charge is 0.486 e. The molecule has 6 nitrogen and oxygen atoms in total. The third-order valence-electron chi connectivity index (χ3n) is 3.22. The third kappa shape index (κ3) is 3.34. The van der Waals surface area contributed by atoms with Crippen LogP contribution in [-0.4, -0.2) is 43.3 Å². The molecule has 0 atom stereocenters. The van der Waals surface area contributed by atoms with Crippen LogP contribution in [0.15, 0.2) is 30.5 Å². The molecule has 0 bridgehead atoms. The summed E-state index contributed by atoms with van der Waals surface area (Å²) in [6.07, 6.45) is 1.94. The average molecular weight is 289 g/mol. The highest BCUT2D eigenvalue weighted by atomic mass is 16.6. The number of hydrogen-bond donors (Lipinski definition) is 1. The topological polar surface area (TPSA) is 57.5 Å². The molecular weight excluding hydrogens is 270 g/mol. The summed E-state index contributed by atoms with van der Waals surface area (Å²) in [5.74, 6) is 1.56. The van der Waals surface area contributed by atoms with Gasteiger partial charge in [0.1, 0.15) is 13.2 Å². The summed E-state index contributed by atoms with van der Waals surface area (Å²) in [5, 5.41) is 7.82. The fraction of sp³-hybridized carbons (Fsp3) is 0.400. The lowest BCUT2D eigenvalue weighted by molar-refractivity contribution is 0.171. The number of nitrogens with zero attached hydrogens (tertiary/aromatic N) is 2. The van der Waals surface area contributed by atoms with E-state index in [0.29, 0.717) is 19.8 Å². The van der Waals surface area contributed by atoms with Crippen LogP contribution in [0.3, 0.4) is 0 Å². The van der Waals surface area contributed by atoms with Crippen LogP contribution in [0.4, 0.5) is 0 Å². The zero-order valence-corrected chi connectivity index (χ0v) is 12.0. The summed E-state index contributed by atoms with van der Waals surface area (Å²) in [7, 11) is 1.69. The van der Waals surface area contributed by atoms with Crippen molar-refractivity contribution in [3.63, 3.8) is 0 Å². The molecule has 0 saturated heterocycles. The number of ether oxygens (including phenoxy) is 3. The minimum atomic E-state index is 0.588. The molecule has 1 aliphatic rings. The van der Waals surface area contributed by atoms with E-state index in [2.05, 4.69) is 10.4 Å². The van der Waals surface area contributed by atoms with Crippen LogP contribution >= 0.6 is 0 Å². The molecule has 21 heavy (non-hydrogen) atoms. The van der Waals surface area contributed by atoms with Crippen LogP contribution in [0, 0.1) is 0 Å². The Balaban J connectivity index is 1.68. The molecule has 0 radical (unpaired) electrons. The van der Waals surface area contributed by atoms with E-state index in [1.165, 1.54) is 0 Å². The lowest BCUT2D eigenvalue weighted by Gasteiger charge is -2.18. The Labute approximate surface area is 123 Å². The van der Waals surface area contributed by atoms with Crippen molar-refractivity contribution in [2.45, 2.75) is 6.54 Å². The van der Waals surface area contributed by atoms with Gasteiger partial charge in [0, 0.05) is 32.5 Å². The van der Waals surface area contributed by atoms with Gasteiger partial charge in [-0.2, -0.15) is 5.10 Å². The van der Waals surface area contributed by atoms with Gasteiger partial charge in [-0.1, -0.05) is 0 Å². The Morgan fingerprint density at radius 1 is 1.24 bits per heavy atom. The molecular formula is C15H19N3O3. The van der Waals surface area contributed by atoms with Crippen LogP contribution < -0.4 is 14.8 Å². The summed E-state index contributed by atoms with van der Waals surface area (Å²) in [6, 6.07) is 7.84. The van der Waals surface area contributed by atoms with Crippen molar-refractivity contribution >= 4 is 0 Å². The van der Waals surface area contributed by atoms with E-state index in [-0.39, 0.29) is 0 Å². The average Bonchev–Trinajstić information content (AvgIpc) is 3.00. The molecule has 6 heteroatoms. The van der Waals surface area contributed by atoms with Gasteiger partial charge in [-0.3, -0.25) is 0 Å². The van der Waals surface area contributed by atoms with Crippen molar-refractivity contribution in [3.8, 4) is 17.2 Å². The van der Waals surface area contributed by atoms with E-state index >= 15 is 0 Å². The Bertz CT molecular complexity index is 598. The van der Waals surface area contributed by atoms with E-state index in [1.807, 2.05) is 35.1 Å². The number of methoxy groups -OCH3 is 1. The maximum absolute atomic E-state index is 5.59. The van der Waals surface area contributed by atoms with Crippen LogP contribution in [0.1, 0.15) is 5.69 Å². The maximum Gasteiger partial charge on any atom is 0.163 e. The number of benzene rings is 1. The fourth-order valence-corrected chi connectivity index (χ4v) is 2.17. The van der Waals surface area contributed by atoms with Crippen molar-refractivity contribution < 1.29 is 14.2 Å². The summed E-state index contributed by atoms with van der Waals surface area (Å²) in [6.45, 7) is 3.42. The van der Waals surface area contributed by atoms with E-state index in [1.54, 1.807) is 7.11 Å². The van der Waals surface area contributed by atoms with Crippen LogP contribution in [-0.2, 0) is 11.3 Å². The van der Waals surface area contributed by atoms with Crippen molar-refractivity contribution in [2.24, 2.45) is 0 Å². The number of fused-ring (bicyclic) bond motifs is 1. The van der Waals surface area contributed by atoms with E-state index < -0.39 is 0 Å². The maximum atomic E-state index is 5.59. The molecule has 3 rings (SSSR count). The molecule has 2 heterocycles. The zero-order valence-electron chi connectivity index (χ0n) is 12.0. The highest BCUT2D eigenvalue weighted by molar-refractivity contribution is 5.49. The Hall–Kier alpha value is -2.05. The zero-order chi connectivity index (χ0) is 14.5. The third-order valence-corrected chi connectivity index (χ3v) is 3.22. The number of aromatic nitrogens is 2. The minimum absolute atomic E-state index is 0.588. The monoisotopic (exact) mass is 289 g/mol. The summed E-state index contributed by atoms with van der Waals surface area (Å²) in [5.41, 5.74) is 1.95. The van der Waals surface area contributed by atoms with Gasteiger partial charge in [-0.15, -0.1) is 0 Å². The first-order valence-corrected chi connectivity index (χ1v) is 7.01. The molecule has 0 saturated carbocycles. The van der Waals surface area contributed by atoms with Gasteiger partial charge >= 0.3 is 0 Å². The molecule has 1 aromatic heterocycles. The molecule has 1 N–H and O–H groups in total. The van der Waals surface area contributed by atoms with Gasteiger partial charge in [-0.25, -0.2) is 4.68 Å². The lowest BCUT2D eigenvalue weighted by Crippen LogP contribution is -2.19. The molecule has 0 aliphatic carbocycles. The van der Waals surface area contributed by atoms with Gasteiger partial charge in [0.2, 0.25) is 0 Å². The van der Waals surface area contributed by atoms with Crippen LogP contribution in [0.2, 0.25) is 0 Å². The van der Waals surface area contributed by atoms with Crippen molar-refractivity contribution in [3.05, 3.63) is 36.2 Å². The highest BCUT2D eigenvalue weighted by Crippen LogP contribution is 2.31. The molecule has 2 aromatic rings. The molecule has 0 unspecified atom stereocenters. The van der Waals surface area contributed by atoms with Crippen LogP contribution in [0.25, 0.3) is 5.69 Å². The molecule has 0 amide bonds. The van der Waals surface area contributed by atoms with Gasteiger partial charge < -0.3 is 19.5 Å². The summed E-state index contributed by atoms with van der Waals surface area (Å²) < 4.78 is 17.9. The quantitative estimate of drug-likeness (QED) is 0.814. The first-order valence-electron chi connectivity index (χ1n) is 7.01. The van der Waals surface area contributed by atoms with Gasteiger partial charge in [0.05, 0.1) is 18.0 Å². The standard InChI is InChI=1S/C15H19N3O3/c1-19-7-5-16-11-12-4-6-18(17-12)13-2-3-14-15(10-13)21-9-8-20-14/h2-4,6,10,16H,5,7-9,11H2,1H3. The molecule has 0 spiro atoms. The van der Waals surface area contributed by atoms with Crippen molar-refractivity contribution in [1.29, 1.82) is 0 Å². The highest BCUT2D eigenvalue weighted by Gasteiger charge is 2.12. The Morgan fingerprint density at radius 2 is 2.10 bits per heavy atom.